The van der Waals surface area contributed by atoms with Crippen molar-refractivity contribution >= 4 is 5.91 Å². The zero-order valence-electron chi connectivity index (χ0n) is 13.0. The van der Waals surface area contributed by atoms with Crippen LogP contribution >= 0.6 is 0 Å². The predicted octanol–water partition coefficient (Wildman–Crippen LogP) is 1.56. The van der Waals surface area contributed by atoms with Gasteiger partial charge in [0.2, 0.25) is 5.91 Å². The van der Waals surface area contributed by atoms with Gasteiger partial charge in [-0.2, -0.15) is 0 Å². The van der Waals surface area contributed by atoms with E-state index in [0.29, 0.717) is 13.1 Å². The third-order valence-electron chi connectivity index (χ3n) is 3.67. The van der Waals surface area contributed by atoms with E-state index >= 15 is 0 Å². The standard InChI is InChI=1S/C16H27N3O/c1-5-13-6-8-14(9-7-13)15(19(3)4)11-18-16(20)12(2)10-17/h6-9,12,15H,5,10-11,17H2,1-4H3,(H,18,20). The molecule has 0 aliphatic rings. The van der Waals surface area contributed by atoms with Crippen LogP contribution in [0, 0.1) is 5.92 Å². The van der Waals surface area contributed by atoms with Gasteiger partial charge in [-0.25, -0.2) is 0 Å². The summed E-state index contributed by atoms with van der Waals surface area (Å²) in [5.74, 6) is -0.121. The molecule has 20 heavy (non-hydrogen) atoms. The number of carbonyl (C=O) groups excluding carboxylic acids is 1. The number of hydrogen-bond donors (Lipinski definition) is 2. The molecule has 1 amide bonds. The Bertz CT molecular complexity index is 414. The van der Waals surface area contributed by atoms with Crippen molar-refractivity contribution in [2.24, 2.45) is 11.7 Å². The topological polar surface area (TPSA) is 58.4 Å². The molecule has 0 bridgehead atoms. The first-order valence-electron chi connectivity index (χ1n) is 7.22. The first-order chi connectivity index (χ1) is 9.49. The highest BCUT2D eigenvalue weighted by atomic mass is 16.1. The quantitative estimate of drug-likeness (QED) is 0.795. The van der Waals surface area contributed by atoms with Crippen LogP contribution in [0.2, 0.25) is 0 Å². The minimum absolute atomic E-state index is 0.0181. The number of aryl methyl sites for hydroxylation is 1. The summed E-state index contributed by atoms with van der Waals surface area (Å²) in [4.78, 5) is 13.9. The van der Waals surface area contributed by atoms with E-state index in [2.05, 4.69) is 41.4 Å². The molecule has 0 saturated heterocycles. The molecule has 4 nitrogen and oxygen atoms in total. The van der Waals surface area contributed by atoms with Crippen molar-refractivity contribution in [2.45, 2.75) is 26.3 Å². The number of nitrogens with zero attached hydrogens (tertiary/aromatic N) is 1. The van der Waals surface area contributed by atoms with E-state index in [1.165, 1.54) is 11.1 Å². The minimum atomic E-state index is -0.139. The van der Waals surface area contributed by atoms with Gasteiger partial charge in [0.05, 0.1) is 6.04 Å². The normalized spacial score (nSPS) is 14.1. The number of amides is 1. The summed E-state index contributed by atoms with van der Waals surface area (Å²) in [7, 11) is 4.05. The SMILES string of the molecule is CCc1ccc(C(CNC(=O)C(C)CN)N(C)C)cc1. The number of hydrogen-bond acceptors (Lipinski definition) is 3. The molecule has 1 aromatic rings. The molecule has 3 N–H and O–H groups in total. The van der Waals surface area contributed by atoms with E-state index in [1.807, 2.05) is 21.0 Å². The lowest BCUT2D eigenvalue weighted by Gasteiger charge is -2.26. The maximum atomic E-state index is 11.8. The van der Waals surface area contributed by atoms with Crippen LogP contribution in [0.15, 0.2) is 24.3 Å². The second-order valence-electron chi connectivity index (χ2n) is 5.46. The summed E-state index contributed by atoms with van der Waals surface area (Å²) in [5.41, 5.74) is 8.05. The van der Waals surface area contributed by atoms with Gasteiger partial charge < -0.3 is 16.0 Å². The van der Waals surface area contributed by atoms with E-state index in [0.717, 1.165) is 6.42 Å². The van der Waals surface area contributed by atoms with Crippen molar-refractivity contribution in [3.8, 4) is 0 Å². The number of rotatable bonds is 7. The first kappa shape index (κ1) is 16.7. The maximum Gasteiger partial charge on any atom is 0.224 e. The lowest BCUT2D eigenvalue weighted by Crippen LogP contribution is -2.38. The van der Waals surface area contributed by atoms with Crippen LogP contribution in [-0.4, -0.2) is 38.0 Å². The molecule has 2 unspecified atom stereocenters. The average molecular weight is 277 g/mol. The maximum absolute atomic E-state index is 11.8. The van der Waals surface area contributed by atoms with Crippen molar-refractivity contribution < 1.29 is 4.79 Å². The van der Waals surface area contributed by atoms with E-state index in [1.54, 1.807) is 0 Å². The molecule has 112 valence electrons. The fourth-order valence-corrected chi connectivity index (χ4v) is 2.05. The molecule has 0 fully saturated rings. The van der Waals surface area contributed by atoms with Gasteiger partial charge in [0.15, 0.2) is 0 Å². The Labute approximate surface area is 122 Å². The van der Waals surface area contributed by atoms with Gasteiger partial charge in [-0.3, -0.25) is 4.79 Å². The summed E-state index contributed by atoms with van der Waals surface area (Å²) < 4.78 is 0. The van der Waals surface area contributed by atoms with Crippen LogP contribution < -0.4 is 11.1 Å². The van der Waals surface area contributed by atoms with E-state index in [4.69, 9.17) is 5.73 Å². The third-order valence-corrected chi connectivity index (χ3v) is 3.67. The molecule has 1 rings (SSSR count). The van der Waals surface area contributed by atoms with Crippen molar-refractivity contribution in [1.82, 2.24) is 10.2 Å². The van der Waals surface area contributed by atoms with Crippen LogP contribution in [0.3, 0.4) is 0 Å². The Morgan fingerprint density at radius 3 is 2.35 bits per heavy atom. The van der Waals surface area contributed by atoms with Gasteiger partial charge in [0.25, 0.3) is 0 Å². The highest BCUT2D eigenvalue weighted by Gasteiger charge is 2.17. The predicted molar refractivity (Wildman–Crippen MR) is 83.5 cm³/mol. The molecule has 0 aromatic heterocycles. The highest BCUT2D eigenvalue weighted by molar-refractivity contribution is 5.78. The number of carbonyl (C=O) groups is 1. The first-order valence-corrected chi connectivity index (χ1v) is 7.22. The van der Waals surface area contributed by atoms with Gasteiger partial charge in [0, 0.05) is 19.0 Å². The van der Waals surface area contributed by atoms with Gasteiger partial charge in [-0.1, -0.05) is 38.1 Å². The largest absolute Gasteiger partial charge is 0.354 e. The summed E-state index contributed by atoms with van der Waals surface area (Å²) in [6, 6.07) is 8.76. The Balaban J connectivity index is 2.71. The molecule has 2 atom stereocenters. The van der Waals surface area contributed by atoms with Crippen LogP contribution in [0.4, 0.5) is 0 Å². The van der Waals surface area contributed by atoms with Crippen molar-refractivity contribution in [1.29, 1.82) is 0 Å². The Morgan fingerprint density at radius 1 is 1.30 bits per heavy atom. The molecular formula is C16H27N3O. The van der Waals surface area contributed by atoms with Crippen LogP contribution in [-0.2, 0) is 11.2 Å². The smallest absolute Gasteiger partial charge is 0.224 e. The molecule has 0 heterocycles. The minimum Gasteiger partial charge on any atom is -0.354 e. The Kier molecular flexibility index (Phi) is 6.68. The van der Waals surface area contributed by atoms with E-state index in [9.17, 15) is 4.79 Å². The van der Waals surface area contributed by atoms with Gasteiger partial charge in [-0.05, 0) is 31.6 Å². The lowest BCUT2D eigenvalue weighted by molar-refractivity contribution is -0.124. The summed E-state index contributed by atoms with van der Waals surface area (Å²) in [6.07, 6.45) is 1.04. The van der Waals surface area contributed by atoms with Crippen molar-refractivity contribution in [3.05, 3.63) is 35.4 Å². The average Bonchev–Trinajstić information content (AvgIpc) is 2.46. The second-order valence-corrected chi connectivity index (χ2v) is 5.46. The fourth-order valence-electron chi connectivity index (χ4n) is 2.05. The highest BCUT2D eigenvalue weighted by Crippen LogP contribution is 2.18. The third kappa shape index (κ3) is 4.62. The number of benzene rings is 1. The van der Waals surface area contributed by atoms with Gasteiger partial charge >= 0.3 is 0 Å². The molecule has 0 aliphatic carbocycles. The van der Waals surface area contributed by atoms with Crippen LogP contribution in [0.1, 0.15) is 31.0 Å². The zero-order valence-corrected chi connectivity index (χ0v) is 13.0. The number of nitrogens with one attached hydrogen (secondary N) is 1. The molecule has 0 radical (unpaired) electrons. The van der Waals surface area contributed by atoms with E-state index < -0.39 is 0 Å². The number of nitrogens with two attached hydrogens (primary N) is 1. The molecule has 4 heteroatoms. The van der Waals surface area contributed by atoms with Crippen molar-refractivity contribution in [2.75, 3.05) is 27.2 Å². The van der Waals surface area contributed by atoms with Gasteiger partial charge in [0.1, 0.15) is 0 Å². The van der Waals surface area contributed by atoms with Crippen molar-refractivity contribution in [3.63, 3.8) is 0 Å². The van der Waals surface area contributed by atoms with Gasteiger partial charge in [-0.15, -0.1) is 0 Å². The zero-order chi connectivity index (χ0) is 15.1. The monoisotopic (exact) mass is 277 g/mol. The molecular weight excluding hydrogens is 250 g/mol. The lowest BCUT2D eigenvalue weighted by atomic mass is 10.0. The van der Waals surface area contributed by atoms with Crippen LogP contribution in [0.5, 0.6) is 0 Å². The molecule has 0 saturated carbocycles. The summed E-state index contributed by atoms with van der Waals surface area (Å²) >= 11 is 0. The molecule has 1 aromatic carbocycles. The molecule has 0 aliphatic heterocycles. The molecule has 0 spiro atoms. The second kappa shape index (κ2) is 8.02. The summed E-state index contributed by atoms with van der Waals surface area (Å²) in [5, 5.41) is 2.98. The number of likely N-dealkylation sites (N-methyl/N-ethyl adjacent to an activating group) is 1. The van der Waals surface area contributed by atoms with Crippen LogP contribution in [0.25, 0.3) is 0 Å². The van der Waals surface area contributed by atoms with E-state index in [-0.39, 0.29) is 17.9 Å². The Morgan fingerprint density at radius 2 is 1.90 bits per heavy atom. The fraction of sp³-hybridized carbons (Fsp3) is 0.562. The Hall–Kier alpha value is -1.39. The summed E-state index contributed by atoms with van der Waals surface area (Å²) in [6.45, 7) is 4.97.